The third kappa shape index (κ3) is 5.83. The number of furan rings is 1. The molecule has 57 heavy (non-hydrogen) atoms. The molecule has 4 nitrogen and oxygen atoms in total. The van der Waals surface area contributed by atoms with Gasteiger partial charge >= 0.3 is 0 Å². The van der Waals surface area contributed by atoms with Crippen LogP contribution in [-0.4, -0.2) is 15.0 Å². The Hall–Kier alpha value is -7.69. The average molecular weight is 739 g/mol. The van der Waals surface area contributed by atoms with Gasteiger partial charge in [-0.3, -0.25) is 0 Å². The first-order valence-electron chi connectivity index (χ1n) is 23.8. The number of hydrogen-bond acceptors (Lipinski definition) is 4. The second kappa shape index (κ2) is 13.6. The lowest BCUT2D eigenvalue weighted by Crippen LogP contribution is -2.01. The first-order valence-corrected chi connectivity index (χ1v) is 18.3. The zero-order valence-corrected chi connectivity index (χ0v) is 30.0. The Morgan fingerprint density at radius 1 is 0.368 bits per heavy atom. The van der Waals surface area contributed by atoms with E-state index < -0.39 is 65.5 Å². The van der Waals surface area contributed by atoms with Gasteiger partial charge in [-0.15, -0.1) is 0 Å². The summed E-state index contributed by atoms with van der Waals surface area (Å²) in [5, 5.41) is 4.68. The Morgan fingerprint density at radius 2 is 1.05 bits per heavy atom. The van der Waals surface area contributed by atoms with Gasteiger partial charge in [0.25, 0.3) is 0 Å². The van der Waals surface area contributed by atoms with Gasteiger partial charge in [-0.05, 0) is 79.2 Å². The van der Waals surface area contributed by atoms with Crippen molar-refractivity contribution >= 4 is 43.5 Å². The zero-order valence-electron chi connectivity index (χ0n) is 41.0. The van der Waals surface area contributed by atoms with E-state index >= 15 is 0 Å². The van der Waals surface area contributed by atoms with E-state index in [0.717, 1.165) is 21.7 Å². The standard InChI is InChI=1S/C53H33N3O/c1-3-13-34(14-4-1)37-25-28-38(29-26-37)51-54-52(40-30-27-36-17-7-8-18-39(36)31-40)56-53(55-51)45-23-12-20-42-43(45)21-11-22-44(42)47-32-41(35-15-5-2-6-16-35)33-49-50(47)46-19-9-10-24-48(46)57-49/h1-33H/i1D,3D,4D,9D,13D,14D,25D,26D,28D,29D,32D. The van der Waals surface area contributed by atoms with Crippen LogP contribution in [0.1, 0.15) is 15.1 Å². The number of fused-ring (bicyclic) bond motifs is 5. The van der Waals surface area contributed by atoms with E-state index in [-0.39, 0.29) is 29.1 Å². The van der Waals surface area contributed by atoms with Crippen molar-refractivity contribution in [1.29, 1.82) is 0 Å². The van der Waals surface area contributed by atoms with Crippen molar-refractivity contribution in [1.82, 2.24) is 15.0 Å². The third-order valence-corrected chi connectivity index (χ3v) is 10.1. The molecule has 0 aliphatic carbocycles. The van der Waals surface area contributed by atoms with Gasteiger partial charge in [-0.2, -0.15) is 0 Å². The Labute approximate surface area is 344 Å². The van der Waals surface area contributed by atoms with Crippen LogP contribution in [0.25, 0.3) is 111 Å². The number of hydrogen-bond donors (Lipinski definition) is 0. The van der Waals surface area contributed by atoms with E-state index in [1.54, 1.807) is 18.2 Å². The van der Waals surface area contributed by atoms with Crippen LogP contribution < -0.4 is 0 Å². The molecule has 0 atom stereocenters. The summed E-state index contributed by atoms with van der Waals surface area (Å²) in [7, 11) is 0. The second-order valence-corrected chi connectivity index (χ2v) is 13.5. The summed E-state index contributed by atoms with van der Waals surface area (Å²) in [6, 6.07) is 36.3. The number of aromatic nitrogens is 3. The van der Waals surface area contributed by atoms with Gasteiger partial charge in [-0.25, -0.2) is 15.0 Å². The summed E-state index contributed by atoms with van der Waals surface area (Å²) in [6.45, 7) is 0. The molecule has 0 fully saturated rings. The van der Waals surface area contributed by atoms with Gasteiger partial charge in [0.2, 0.25) is 0 Å². The van der Waals surface area contributed by atoms with E-state index in [1.807, 2.05) is 115 Å². The van der Waals surface area contributed by atoms with Crippen molar-refractivity contribution in [2.45, 2.75) is 0 Å². The maximum Gasteiger partial charge on any atom is 0.164 e. The molecule has 0 bridgehead atoms. The topological polar surface area (TPSA) is 51.8 Å². The monoisotopic (exact) mass is 738 g/mol. The third-order valence-electron chi connectivity index (χ3n) is 10.1. The fourth-order valence-corrected chi connectivity index (χ4v) is 7.41. The fraction of sp³-hybridized carbons (Fsp3) is 0. The molecule has 0 spiro atoms. The van der Waals surface area contributed by atoms with E-state index in [2.05, 4.69) is 0 Å². The molecule has 0 saturated carbocycles. The van der Waals surface area contributed by atoms with Crippen LogP contribution in [-0.2, 0) is 0 Å². The van der Waals surface area contributed by atoms with Crippen LogP contribution >= 0.6 is 0 Å². The number of rotatable bonds is 6. The molecule has 0 aliphatic rings. The highest BCUT2D eigenvalue weighted by molar-refractivity contribution is 6.17. The van der Waals surface area contributed by atoms with Gasteiger partial charge in [0, 0.05) is 27.5 Å². The van der Waals surface area contributed by atoms with E-state index in [4.69, 9.17) is 30.3 Å². The van der Waals surface area contributed by atoms with Crippen molar-refractivity contribution in [2.24, 2.45) is 0 Å². The van der Waals surface area contributed by atoms with Gasteiger partial charge in [0.05, 0.1) is 15.1 Å². The molecule has 0 saturated heterocycles. The Balaban J connectivity index is 1.17. The molecule has 0 unspecified atom stereocenters. The van der Waals surface area contributed by atoms with Crippen LogP contribution in [0.4, 0.5) is 0 Å². The molecule has 2 heterocycles. The number of nitrogens with zero attached hydrogens (tertiary/aromatic N) is 3. The Kier molecular flexibility index (Phi) is 5.54. The minimum Gasteiger partial charge on any atom is -0.456 e. The maximum absolute atomic E-state index is 9.83. The Morgan fingerprint density at radius 3 is 1.88 bits per heavy atom. The van der Waals surface area contributed by atoms with Gasteiger partial charge < -0.3 is 4.42 Å². The van der Waals surface area contributed by atoms with E-state index in [1.165, 1.54) is 0 Å². The first kappa shape index (κ1) is 23.3. The van der Waals surface area contributed by atoms with Crippen molar-refractivity contribution in [3.05, 3.63) is 200 Å². The van der Waals surface area contributed by atoms with Crippen LogP contribution in [0.5, 0.6) is 0 Å². The molecular weight excluding hydrogens is 695 g/mol. The molecule has 2 aromatic heterocycles. The van der Waals surface area contributed by atoms with Crippen LogP contribution in [0.2, 0.25) is 0 Å². The van der Waals surface area contributed by atoms with Crippen LogP contribution in [0, 0.1) is 0 Å². The molecule has 4 heteroatoms. The van der Waals surface area contributed by atoms with Gasteiger partial charge in [-0.1, -0.05) is 176 Å². The molecule has 9 aromatic carbocycles. The maximum atomic E-state index is 9.83. The number of benzene rings is 9. The predicted molar refractivity (Wildman–Crippen MR) is 235 cm³/mol. The highest BCUT2D eigenvalue weighted by Crippen LogP contribution is 2.43. The van der Waals surface area contributed by atoms with Crippen LogP contribution in [0.3, 0.4) is 0 Å². The van der Waals surface area contributed by atoms with E-state index in [9.17, 15) is 4.11 Å². The summed E-state index contributed by atoms with van der Waals surface area (Å²) >= 11 is 0. The summed E-state index contributed by atoms with van der Waals surface area (Å²) in [4.78, 5) is 14.7. The largest absolute Gasteiger partial charge is 0.456 e. The minimum absolute atomic E-state index is 0.148. The Bertz CT molecular complexity index is 3890. The lowest BCUT2D eigenvalue weighted by Gasteiger charge is -2.14. The SMILES string of the molecule is [2H]c1ccc2oc3cc(-c4ccccc4)c([2H])c(-c4cccc5c(-c6nc(-c7ccc8ccccc8c7)nc(-c7c([2H])c([2H])c(-c8c([2H])c([2H])c([2H])c([2H])c8[2H])c([2H])c7[2H])n6)cccc45)c3c2c1. The molecule has 0 radical (unpaired) electrons. The fourth-order valence-electron chi connectivity index (χ4n) is 7.41. The minimum atomic E-state index is -0.672. The number of para-hydroxylation sites is 1. The normalized spacial score (nSPS) is 14.2. The second-order valence-electron chi connectivity index (χ2n) is 13.5. The molecule has 11 rings (SSSR count). The molecular formula is C53H33N3O. The van der Waals surface area contributed by atoms with Gasteiger partial charge in [0.1, 0.15) is 11.2 Å². The van der Waals surface area contributed by atoms with Crippen molar-refractivity contribution < 1.29 is 19.5 Å². The first-order chi connectivity index (χ1) is 32.8. The average Bonchev–Trinajstić information content (AvgIpc) is 3.72. The molecule has 266 valence electrons. The smallest absolute Gasteiger partial charge is 0.164 e. The lowest BCUT2D eigenvalue weighted by molar-refractivity contribution is 0.669. The van der Waals surface area contributed by atoms with Crippen molar-refractivity contribution in [2.75, 3.05) is 0 Å². The summed E-state index contributed by atoms with van der Waals surface area (Å²) in [5.74, 6) is 0.143. The summed E-state index contributed by atoms with van der Waals surface area (Å²) < 4.78 is 103. The summed E-state index contributed by atoms with van der Waals surface area (Å²) in [5.41, 5.74) is 3.88. The van der Waals surface area contributed by atoms with E-state index in [0.29, 0.717) is 61.2 Å². The van der Waals surface area contributed by atoms with Crippen molar-refractivity contribution in [3.63, 3.8) is 0 Å². The molecule has 0 aliphatic heterocycles. The quantitative estimate of drug-likeness (QED) is 0.170. The van der Waals surface area contributed by atoms with Crippen LogP contribution in [0.15, 0.2) is 204 Å². The zero-order chi connectivity index (χ0) is 47.3. The molecule has 0 amide bonds. The molecule has 11 aromatic rings. The lowest BCUT2D eigenvalue weighted by atomic mass is 9.90. The summed E-state index contributed by atoms with van der Waals surface area (Å²) in [6.07, 6.45) is 0. The van der Waals surface area contributed by atoms with Gasteiger partial charge in [0.15, 0.2) is 17.5 Å². The highest BCUT2D eigenvalue weighted by atomic mass is 16.3. The van der Waals surface area contributed by atoms with Crippen molar-refractivity contribution in [3.8, 4) is 67.5 Å². The highest BCUT2D eigenvalue weighted by Gasteiger charge is 2.19. The molecule has 0 N–H and O–H groups in total. The predicted octanol–water partition coefficient (Wildman–Crippen LogP) is 14.1.